The summed E-state index contributed by atoms with van der Waals surface area (Å²) in [5.41, 5.74) is 0.482. The van der Waals surface area contributed by atoms with Gasteiger partial charge in [0.25, 0.3) is 0 Å². The van der Waals surface area contributed by atoms with Crippen LogP contribution in [0.15, 0.2) is 23.8 Å². The number of methoxy groups -OCH3 is 1. The summed E-state index contributed by atoms with van der Waals surface area (Å²) in [6.07, 6.45) is 6.42. The molecule has 2 aliphatic carbocycles. The molecule has 0 aromatic heterocycles. The average molecular weight is 250 g/mol. The van der Waals surface area contributed by atoms with E-state index in [0.29, 0.717) is 12.0 Å². The molecule has 1 N–H and O–H groups in total. The Kier molecular flexibility index (Phi) is 4.09. The minimum absolute atomic E-state index is 0.0385. The van der Waals surface area contributed by atoms with Crippen molar-refractivity contribution in [3.05, 3.63) is 23.8 Å². The standard InChI is InChI=1S/C14H18O4/c1-18-14-4-2-3-13(17)11(14)8-9-7-10(15)5-6-12(9)16/h5-7,11,13-14,17H,2-4,8H2,1H3/t11-,13-,14+/m1/s1. The van der Waals surface area contributed by atoms with E-state index in [1.54, 1.807) is 7.11 Å². The molecule has 4 nitrogen and oxygen atoms in total. The summed E-state index contributed by atoms with van der Waals surface area (Å²) in [7, 11) is 1.62. The molecule has 0 bridgehead atoms. The summed E-state index contributed by atoms with van der Waals surface area (Å²) in [5, 5.41) is 10.0. The highest BCUT2D eigenvalue weighted by Crippen LogP contribution is 2.32. The Morgan fingerprint density at radius 1 is 1.33 bits per heavy atom. The Hall–Kier alpha value is -1.26. The molecule has 0 heterocycles. The minimum atomic E-state index is -0.460. The van der Waals surface area contributed by atoms with E-state index in [4.69, 9.17) is 4.74 Å². The van der Waals surface area contributed by atoms with Gasteiger partial charge in [-0.3, -0.25) is 9.59 Å². The van der Waals surface area contributed by atoms with Crippen molar-refractivity contribution in [3.63, 3.8) is 0 Å². The molecule has 0 aliphatic heterocycles. The Balaban J connectivity index is 2.11. The zero-order valence-corrected chi connectivity index (χ0v) is 10.5. The summed E-state index contributed by atoms with van der Waals surface area (Å²) < 4.78 is 5.38. The molecule has 1 fully saturated rings. The fourth-order valence-corrected chi connectivity index (χ4v) is 2.73. The highest BCUT2D eigenvalue weighted by Gasteiger charge is 2.34. The van der Waals surface area contributed by atoms with Crippen molar-refractivity contribution in [1.82, 2.24) is 0 Å². The van der Waals surface area contributed by atoms with Crippen molar-refractivity contribution >= 4 is 11.6 Å². The lowest BCUT2D eigenvalue weighted by Gasteiger charge is -2.35. The van der Waals surface area contributed by atoms with Crippen molar-refractivity contribution < 1.29 is 19.4 Å². The molecule has 0 aromatic rings. The lowest BCUT2D eigenvalue weighted by Crippen LogP contribution is -2.38. The molecule has 98 valence electrons. The Morgan fingerprint density at radius 2 is 2.11 bits per heavy atom. The molecule has 2 rings (SSSR count). The molecule has 0 radical (unpaired) electrons. The van der Waals surface area contributed by atoms with E-state index < -0.39 is 6.10 Å². The van der Waals surface area contributed by atoms with Crippen LogP contribution >= 0.6 is 0 Å². The van der Waals surface area contributed by atoms with Gasteiger partial charge in [-0.25, -0.2) is 0 Å². The third-order valence-corrected chi connectivity index (χ3v) is 3.75. The van der Waals surface area contributed by atoms with Gasteiger partial charge >= 0.3 is 0 Å². The van der Waals surface area contributed by atoms with E-state index in [9.17, 15) is 14.7 Å². The SMILES string of the molecule is CO[C@H]1CCC[C@@H](O)[C@H]1CC1=CC(=O)C=CC1=O. The fourth-order valence-electron chi connectivity index (χ4n) is 2.73. The summed E-state index contributed by atoms with van der Waals surface area (Å²) >= 11 is 0. The molecule has 3 atom stereocenters. The normalized spacial score (nSPS) is 32.6. The van der Waals surface area contributed by atoms with Crippen LogP contribution in [0.5, 0.6) is 0 Å². The number of aliphatic hydroxyl groups excluding tert-OH is 1. The lowest BCUT2D eigenvalue weighted by atomic mass is 9.78. The van der Waals surface area contributed by atoms with Gasteiger partial charge in [0.15, 0.2) is 11.6 Å². The first kappa shape index (κ1) is 13.2. The van der Waals surface area contributed by atoms with Gasteiger partial charge < -0.3 is 9.84 Å². The van der Waals surface area contributed by atoms with Crippen LogP contribution in [0, 0.1) is 5.92 Å². The summed E-state index contributed by atoms with van der Waals surface area (Å²) in [5.74, 6) is -0.399. The number of allylic oxidation sites excluding steroid dienone is 4. The van der Waals surface area contributed by atoms with Gasteiger partial charge in [0.2, 0.25) is 0 Å². The van der Waals surface area contributed by atoms with Crippen molar-refractivity contribution in [2.24, 2.45) is 5.92 Å². The van der Waals surface area contributed by atoms with Crippen LogP contribution in [0.2, 0.25) is 0 Å². The van der Waals surface area contributed by atoms with Crippen LogP contribution in [0.25, 0.3) is 0 Å². The van der Waals surface area contributed by atoms with Gasteiger partial charge in [-0.05, 0) is 43.9 Å². The maximum absolute atomic E-state index is 11.7. The third kappa shape index (κ3) is 2.76. The van der Waals surface area contributed by atoms with E-state index in [0.717, 1.165) is 19.3 Å². The molecule has 4 heteroatoms. The van der Waals surface area contributed by atoms with E-state index in [2.05, 4.69) is 0 Å². The zero-order chi connectivity index (χ0) is 13.1. The first-order valence-corrected chi connectivity index (χ1v) is 6.29. The van der Waals surface area contributed by atoms with Crippen LogP contribution in [-0.4, -0.2) is 36.0 Å². The minimum Gasteiger partial charge on any atom is -0.393 e. The van der Waals surface area contributed by atoms with Gasteiger partial charge in [-0.1, -0.05) is 0 Å². The first-order valence-electron chi connectivity index (χ1n) is 6.29. The number of ketones is 2. The summed E-state index contributed by atoms with van der Waals surface area (Å²) in [6.45, 7) is 0. The smallest absolute Gasteiger partial charge is 0.182 e. The van der Waals surface area contributed by atoms with Gasteiger partial charge in [-0.2, -0.15) is 0 Å². The van der Waals surface area contributed by atoms with Gasteiger partial charge in [-0.15, -0.1) is 0 Å². The molecule has 0 unspecified atom stereocenters. The summed E-state index contributed by atoms with van der Waals surface area (Å²) in [6, 6.07) is 0. The number of aliphatic hydroxyl groups is 1. The van der Waals surface area contributed by atoms with Crippen LogP contribution in [-0.2, 0) is 14.3 Å². The highest BCUT2D eigenvalue weighted by molar-refractivity contribution is 6.17. The maximum atomic E-state index is 11.7. The van der Waals surface area contributed by atoms with Crippen molar-refractivity contribution in [1.29, 1.82) is 0 Å². The molecule has 1 saturated carbocycles. The summed E-state index contributed by atoms with van der Waals surface area (Å²) in [4.78, 5) is 23.0. The molecular weight excluding hydrogens is 232 g/mol. The molecule has 18 heavy (non-hydrogen) atoms. The van der Waals surface area contributed by atoms with Gasteiger partial charge in [0.05, 0.1) is 12.2 Å². The Bertz CT molecular complexity index is 408. The zero-order valence-electron chi connectivity index (χ0n) is 10.5. The molecule has 0 spiro atoms. The number of ether oxygens (including phenoxy) is 1. The fraction of sp³-hybridized carbons (Fsp3) is 0.571. The third-order valence-electron chi connectivity index (χ3n) is 3.75. The second-order valence-corrected chi connectivity index (χ2v) is 4.91. The van der Waals surface area contributed by atoms with Crippen molar-refractivity contribution in [2.75, 3.05) is 7.11 Å². The van der Waals surface area contributed by atoms with Crippen LogP contribution in [0.3, 0.4) is 0 Å². The second-order valence-electron chi connectivity index (χ2n) is 4.91. The second kappa shape index (κ2) is 5.59. The van der Waals surface area contributed by atoms with E-state index in [1.807, 2.05) is 0 Å². The number of hydrogen-bond acceptors (Lipinski definition) is 4. The largest absolute Gasteiger partial charge is 0.393 e. The Morgan fingerprint density at radius 3 is 2.83 bits per heavy atom. The molecular formula is C14H18O4. The van der Waals surface area contributed by atoms with Gasteiger partial charge in [0, 0.05) is 18.6 Å². The number of carbonyl (C=O) groups excluding carboxylic acids is 2. The average Bonchev–Trinajstić information content (AvgIpc) is 2.36. The highest BCUT2D eigenvalue weighted by atomic mass is 16.5. The predicted molar refractivity (Wildman–Crippen MR) is 66.0 cm³/mol. The van der Waals surface area contributed by atoms with Crippen molar-refractivity contribution in [2.45, 2.75) is 37.9 Å². The topological polar surface area (TPSA) is 63.6 Å². The molecule has 0 aromatic carbocycles. The van der Waals surface area contributed by atoms with Crippen LogP contribution < -0.4 is 0 Å². The molecule has 2 aliphatic rings. The van der Waals surface area contributed by atoms with E-state index in [1.165, 1.54) is 18.2 Å². The van der Waals surface area contributed by atoms with Gasteiger partial charge in [0.1, 0.15) is 0 Å². The Labute approximate surface area is 106 Å². The van der Waals surface area contributed by atoms with Crippen LogP contribution in [0.4, 0.5) is 0 Å². The number of rotatable bonds is 3. The molecule has 0 amide bonds. The predicted octanol–water partition coefficient (Wildman–Crippen LogP) is 1.19. The van der Waals surface area contributed by atoms with E-state index >= 15 is 0 Å². The maximum Gasteiger partial charge on any atom is 0.182 e. The monoisotopic (exact) mass is 250 g/mol. The lowest BCUT2D eigenvalue weighted by molar-refractivity contribution is -0.115. The number of carbonyl (C=O) groups is 2. The number of hydrogen-bond donors (Lipinski definition) is 1. The van der Waals surface area contributed by atoms with Crippen molar-refractivity contribution in [3.8, 4) is 0 Å². The van der Waals surface area contributed by atoms with Crippen LogP contribution in [0.1, 0.15) is 25.7 Å². The quantitative estimate of drug-likeness (QED) is 0.764. The first-order chi connectivity index (χ1) is 8.61. The molecule has 0 saturated heterocycles. The van der Waals surface area contributed by atoms with E-state index in [-0.39, 0.29) is 23.6 Å².